The molecule has 2 saturated heterocycles. The summed E-state index contributed by atoms with van der Waals surface area (Å²) < 4.78 is 19.8. The summed E-state index contributed by atoms with van der Waals surface area (Å²) in [5, 5.41) is 25.2. The van der Waals surface area contributed by atoms with E-state index in [9.17, 15) is 14.3 Å². The molecule has 1 aromatic carbocycles. The first kappa shape index (κ1) is 22.4. The number of allylic oxidation sites excluding steroid dienone is 2. The van der Waals surface area contributed by atoms with Crippen molar-refractivity contribution in [1.29, 1.82) is 5.41 Å². The van der Waals surface area contributed by atoms with Gasteiger partial charge in [0.05, 0.1) is 35.1 Å². The molecule has 0 bridgehead atoms. The molecular weight excluding hydrogens is 437 g/mol. The van der Waals surface area contributed by atoms with Crippen molar-refractivity contribution in [2.24, 2.45) is 4.99 Å². The summed E-state index contributed by atoms with van der Waals surface area (Å²) >= 11 is 6.18. The quantitative estimate of drug-likeness (QED) is 0.551. The number of benzene rings is 1. The van der Waals surface area contributed by atoms with Crippen LogP contribution in [0.3, 0.4) is 0 Å². The van der Waals surface area contributed by atoms with Crippen molar-refractivity contribution in [2.75, 3.05) is 26.2 Å². The van der Waals surface area contributed by atoms with Gasteiger partial charge < -0.3 is 30.8 Å². The molecular formula is C22H25ClFN5O3. The fourth-order valence-corrected chi connectivity index (χ4v) is 4.03. The number of β-amino-alcohol motifs (C(OH)–C–C–N with tert-alkyl or cyclic N) is 1. The summed E-state index contributed by atoms with van der Waals surface area (Å²) in [5.41, 5.74) is 2.42. The van der Waals surface area contributed by atoms with E-state index in [4.69, 9.17) is 21.7 Å². The van der Waals surface area contributed by atoms with Gasteiger partial charge in [-0.1, -0.05) is 11.6 Å². The molecule has 1 aromatic rings. The van der Waals surface area contributed by atoms with Crippen LogP contribution in [0.4, 0.5) is 4.39 Å². The average molecular weight is 462 g/mol. The van der Waals surface area contributed by atoms with Crippen molar-refractivity contribution >= 4 is 28.9 Å². The van der Waals surface area contributed by atoms with E-state index in [2.05, 4.69) is 15.6 Å². The molecule has 4 rings (SSSR count). The number of likely N-dealkylation sites (tertiary alicyclic amines) is 1. The summed E-state index contributed by atoms with van der Waals surface area (Å²) in [6.07, 6.45) is -0.760. The topological polar surface area (TPSA) is 110 Å². The first-order valence-corrected chi connectivity index (χ1v) is 10.8. The lowest BCUT2D eigenvalue weighted by Crippen LogP contribution is -2.46. The molecule has 3 aliphatic rings. The van der Waals surface area contributed by atoms with Crippen LogP contribution in [0.25, 0.3) is 0 Å². The minimum absolute atomic E-state index is 0.0869. The van der Waals surface area contributed by atoms with E-state index in [-0.39, 0.29) is 36.0 Å². The van der Waals surface area contributed by atoms with Gasteiger partial charge in [-0.15, -0.1) is 0 Å². The molecule has 2 atom stereocenters. The van der Waals surface area contributed by atoms with Crippen LogP contribution < -0.4 is 15.4 Å². The van der Waals surface area contributed by atoms with Gasteiger partial charge in [0.15, 0.2) is 0 Å². The highest BCUT2D eigenvalue weighted by atomic mass is 35.5. The highest BCUT2D eigenvalue weighted by Gasteiger charge is 2.33. The van der Waals surface area contributed by atoms with E-state index in [1.165, 1.54) is 17.0 Å². The van der Waals surface area contributed by atoms with Crippen molar-refractivity contribution in [3.05, 3.63) is 51.7 Å². The normalized spacial score (nSPS) is 26.2. The highest BCUT2D eigenvalue weighted by Crippen LogP contribution is 2.28. The van der Waals surface area contributed by atoms with E-state index < -0.39 is 18.0 Å². The maximum Gasteiger partial charge on any atom is 0.258 e. The zero-order valence-corrected chi connectivity index (χ0v) is 18.6. The third kappa shape index (κ3) is 4.41. The second-order valence-electron chi connectivity index (χ2n) is 8.09. The summed E-state index contributed by atoms with van der Waals surface area (Å²) in [6, 6.07) is 3.74. The zero-order chi connectivity index (χ0) is 23.0. The van der Waals surface area contributed by atoms with Gasteiger partial charge in [-0.05, 0) is 38.9 Å². The van der Waals surface area contributed by atoms with Gasteiger partial charge in [-0.2, -0.15) is 0 Å². The molecule has 0 radical (unpaired) electrons. The maximum atomic E-state index is 14.0. The molecule has 0 aliphatic carbocycles. The molecule has 8 nitrogen and oxygen atoms in total. The third-order valence-corrected chi connectivity index (χ3v) is 6.27. The number of rotatable bonds is 3. The van der Waals surface area contributed by atoms with Gasteiger partial charge in [0, 0.05) is 23.9 Å². The lowest BCUT2D eigenvalue weighted by Gasteiger charge is -2.29. The van der Waals surface area contributed by atoms with E-state index in [0.29, 0.717) is 41.6 Å². The Kier molecular flexibility index (Phi) is 6.32. The number of aliphatic imine (C=N–C) groups is 1. The van der Waals surface area contributed by atoms with Crippen molar-refractivity contribution in [1.82, 2.24) is 15.5 Å². The first-order valence-electron chi connectivity index (χ1n) is 10.4. The van der Waals surface area contributed by atoms with E-state index in [1.54, 1.807) is 6.92 Å². The standard InChI is InChI=1S/C22H25ClFN5O3/c1-11-20(23)12(2)28-21(27-11)15-9-29(10-16(15)25)22(31)14-4-3-13(24)7-19(14)32-18-5-6-26-8-17(18)30/h3-4,7,17-18,25-27,30H,5-6,8-10H2,1-2H3/b21-15+,25-16?/t17-,18-/m0/s1. The molecule has 3 aliphatic heterocycles. The largest absolute Gasteiger partial charge is 0.487 e. The summed E-state index contributed by atoms with van der Waals surface area (Å²) in [6.45, 7) is 4.90. The van der Waals surface area contributed by atoms with Crippen LogP contribution in [-0.2, 0) is 0 Å². The average Bonchev–Trinajstić information content (AvgIpc) is 3.14. The molecule has 2 fully saturated rings. The number of carbonyl (C=O) groups is 1. The summed E-state index contributed by atoms with van der Waals surface area (Å²) in [4.78, 5) is 19.2. The molecule has 170 valence electrons. The Bertz CT molecular complexity index is 1070. The summed E-state index contributed by atoms with van der Waals surface area (Å²) in [7, 11) is 0. The number of ether oxygens (including phenoxy) is 1. The number of hydrogen-bond donors (Lipinski definition) is 4. The number of nitrogens with one attached hydrogen (secondary N) is 3. The van der Waals surface area contributed by atoms with Gasteiger partial charge in [-0.25, -0.2) is 9.38 Å². The predicted molar refractivity (Wildman–Crippen MR) is 120 cm³/mol. The minimum Gasteiger partial charge on any atom is -0.487 e. The highest BCUT2D eigenvalue weighted by molar-refractivity contribution is 6.43. The van der Waals surface area contributed by atoms with Gasteiger partial charge in [0.25, 0.3) is 5.91 Å². The Morgan fingerprint density at radius 3 is 2.88 bits per heavy atom. The number of hydrogen-bond acceptors (Lipinski definition) is 7. The number of piperidine rings is 1. The van der Waals surface area contributed by atoms with Crippen LogP contribution in [0.2, 0.25) is 0 Å². The Hall–Kier alpha value is -2.75. The fourth-order valence-electron chi connectivity index (χ4n) is 3.94. The number of nitrogens with zero attached hydrogens (tertiary/aromatic N) is 2. The zero-order valence-electron chi connectivity index (χ0n) is 17.8. The minimum atomic E-state index is -0.757. The lowest BCUT2D eigenvalue weighted by molar-refractivity contribution is 0.0154. The third-order valence-electron chi connectivity index (χ3n) is 5.71. The van der Waals surface area contributed by atoms with Gasteiger partial charge in [0.1, 0.15) is 29.6 Å². The molecule has 0 unspecified atom stereocenters. The van der Waals surface area contributed by atoms with Crippen molar-refractivity contribution in [3.63, 3.8) is 0 Å². The van der Waals surface area contributed by atoms with Crippen molar-refractivity contribution < 1.29 is 19.0 Å². The second kappa shape index (κ2) is 9.01. The molecule has 0 spiro atoms. The van der Waals surface area contributed by atoms with Crippen LogP contribution in [0, 0.1) is 11.2 Å². The van der Waals surface area contributed by atoms with Crippen LogP contribution in [0.1, 0.15) is 30.6 Å². The van der Waals surface area contributed by atoms with Crippen LogP contribution in [0.5, 0.6) is 5.75 Å². The molecule has 1 amide bonds. The van der Waals surface area contributed by atoms with Crippen molar-refractivity contribution in [2.45, 2.75) is 32.5 Å². The van der Waals surface area contributed by atoms with Crippen LogP contribution in [0.15, 0.2) is 45.3 Å². The van der Waals surface area contributed by atoms with Crippen LogP contribution in [-0.4, -0.2) is 65.7 Å². The van der Waals surface area contributed by atoms with E-state index in [1.807, 2.05) is 6.92 Å². The Balaban J connectivity index is 1.58. The number of halogens is 2. The molecule has 0 saturated carbocycles. The first-order chi connectivity index (χ1) is 15.2. The van der Waals surface area contributed by atoms with Crippen molar-refractivity contribution in [3.8, 4) is 5.75 Å². The molecule has 32 heavy (non-hydrogen) atoms. The number of amides is 1. The van der Waals surface area contributed by atoms with Crippen LogP contribution >= 0.6 is 11.6 Å². The van der Waals surface area contributed by atoms with Gasteiger partial charge in [0.2, 0.25) is 0 Å². The monoisotopic (exact) mass is 461 g/mol. The molecule has 0 aromatic heterocycles. The molecule has 10 heteroatoms. The molecule has 4 N–H and O–H groups in total. The summed E-state index contributed by atoms with van der Waals surface area (Å²) in [5.74, 6) is -0.334. The number of aliphatic hydroxyl groups is 1. The maximum absolute atomic E-state index is 14.0. The molecule has 3 heterocycles. The number of aliphatic hydroxyl groups excluding tert-OH is 1. The Labute approximate surface area is 190 Å². The van der Waals surface area contributed by atoms with Gasteiger partial charge >= 0.3 is 0 Å². The number of carbonyl (C=O) groups excluding carboxylic acids is 1. The lowest BCUT2D eigenvalue weighted by atomic mass is 10.1. The van der Waals surface area contributed by atoms with Gasteiger partial charge in [-0.3, -0.25) is 4.79 Å². The smallest absolute Gasteiger partial charge is 0.258 e. The van der Waals surface area contributed by atoms with E-state index in [0.717, 1.165) is 11.8 Å². The Morgan fingerprint density at radius 1 is 1.38 bits per heavy atom. The second-order valence-corrected chi connectivity index (χ2v) is 8.46. The fraction of sp³-hybridized carbons (Fsp3) is 0.409. The predicted octanol–water partition coefficient (Wildman–Crippen LogP) is 2.15. The van der Waals surface area contributed by atoms with E-state index >= 15 is 0 Å². The Morgan fingerprint density at radius 2 is 2.16 bits per heavy atom. The SMILES string of the molecule is CC1=N/C(=C2\CN(C(=O)c3ccc(F)cc3O[C@H]3CCNC[C@@H]3O)CC2=N)NC(C)=C1Cl.